The van der Waals surface area contributed by atoms with E-state index in [4.69, 9.17) is 42.6 Å². The molecule has 312 valence electrons. The van der Waals surface area contributed by atoms with Gasteiger partial charge in [0.1, 0.15) is 23.9 Å². The number of methoxy groups -OCH3 is 1. The predicted molar refractivity (Wildman–Crippen MR) is 190 cm³/mol. The van der Waals surface area contributed by atoms with Crippen LogP contribution >= 0.6 is 0 Å². The molecule has 1 spiro atoms. The maximum Gasteiger partial charge on any atom is 0.344 e. The number of ether oxygens (including phenoxy) is 9. The Balaban J connectivity index is 2.10. The Morgan fingerprint density at radius 2 is 1.41 bits per heavy atom. The fourth-order valence-corrected chi connectivity index (χ4v) is 8.33. The lowest BCUT2D eigenvalue weighted by atomic mass is 9.51. The highest BCUT2D eigenvalue weighted by Gasteiger charge is 2.81. The van der Waals surface area contributed by atoms with Gasteiger partial charge < -0.3 is 47.7 Å². The molecular weight excluding hydrogens is 740 g/mol. The molecule has 0 radical (unpaired) electrons. The first-order chi connectivity index (χ1) is 26.0. The number of carbonyl (C=O) groups excluding carboxylic acids is 7. The summed E-state index contributed by atoms with van der Waals surface area (Å²) < 4.78 is 52.9. The SMILES string of the molecule is C=C1/C=C\[C@@H](OC(=O)COC(=O)CC(C)C)[C@@]2(C)[C@@H](OC(C)=O)[C@@H](OC(C)=O)[C@@H](OC(=O)CC(C)C)[C@]3(CO3)[C@@H]2[C@H](OC(C)=O)[C@]2(O)[C@@H](C)C(=O)O[C@H]2[C@@H]1OC. The van der Waals surface area contributed by atoms with Gasteiger partial charge in [0, 0.05) is 46.6 Å². The molecule has 2 aliphatic heterocycles. The van der Waals surface area contributed by atoms with Crippen molar-refractivity contribution in [1.82, 2.24) is 0 Å². The molecule has 2 aliphatic carbocycles. The van der Waals surface area contributed by atoms with Crippen LogP contribution in [0.25, 0.3) is 0 Å². The van der Waals surface area contributed by atoms with Crippen LogP contribution in [0, 0.1) is 29.1 Å². The van der Waals surface area contributed by atoms with E-state index in [0.29, 0.717) is 0 Å². The van der Waals surface area contributed by atoms with Gasteiger partial charge in [0.2, 0.25) is 0 Å². The summed E-state index contributed by atoms with van der Waals surface area (Å²) in [4.78, 5) is 92.3. The lowest BCUT2D eigenvalue weighted by Gasteiger charge is -2.59. The number of aliphatic hydroxyl groups is 1. The van der Waals surface area contributed by atoms with Crippen molar-refractivity contribution in [3.05, 3.63) is 24.3 Å². The summed E-state index contributed by atoms with van der Waals surface area (Å²) in [7, 11) is 1.28. The zero-order valence-corrected chi connectivity index (χ0v) is 33.5. The number of hydrogen-bond donors (Lipinski definition) is 1. The van der Waals surface area contributed by atoms with Crippen LogP contribution in [0.4, 0.5) is 0 Å². The van der Waals surface area contributed by atoms with E-state index in [2.05, 4.69) is 6.58 Å². The normalized spacial score (nSPS) is 36.7. The lowest BCUT2D eigenvalue weighted by Crippen LogP contribution is -2.76. The second-order valence-corrected chi connectivity index (χ2v) is 16.0. The lowest BCUT2D eigenvalue weighted by molar-refractivity contribution is -0.283. The van der Waals surface area contributed by atoms with Gasteiger partial charge in [0.05, 0.1) is 17.9 Å². The third-order valence-electron chi connectivity index (χ3n) is 10.8. The fourth-order valence-electron chi connectivity index (χ4n) is 8.33. The highest BCUT2D eigenvalue weighted by molar-refractivity contribution is 5.78. The van der Waals surface area contributed by atoms with Crippen LogP contribution in [0.3, 0.4) is 0 Å². The van der Waals surface area contributed by atoms with Gasteiger partial charge in [-0.2, -0.15) is 0 Å². The zero-order valence-electron chi connectivity index (χ0n) is 33.5. The Kier molecular flexibility index (Phi) is 13.5. The average Bonchev–Trinajstić information content (AvgIpc) is 3.83. The van der Waals surface area contributed by atoms with Gasteiger partial charge in [0.25, 0.3) is 0 Å². The second kappa shape index (κ2) is 17.0. The molecular formula is C39H54O17. The van der Waals surface area contributed by atoms with Crippen molar-refractivity contribution in [3.8, 4) is 0 Å². The standard InChI is InChI=1S/C39H54O17/c1-18(2)14-26(43)49-16-28(45)54-25-13-12-20(5)29(48-11)34-39(47,21(6)36(46)56-34)35(53-24(9)42)31-37(25,10)32(52-23(8)41)30(51-22(7)40)33(38(31)17-50-38)55-27(44)15-19(3)4/h12-13,18-19,21,25,29-35,47H,5,14-17H2,1-4,6-11H3/b13-12-/t21-,25+,29+,30+,31+,32-,33+,34-,35-,37+,38-,39-/m0/s1. The molecule has 4 aliphatic rings. The summed E-state index contributed by atoms with van der Waals surface area (Å²) in [5.41, 5.74) is -6.24. The number of esters is 7. The summed E-state index contributed by atoms with van der Waals surface area (Å²) in [6.07, 6.45) is -8.71. The molecule has 4 rings (SSSR count). The monoisotopic (exact) mass is 794 g/mol. The maximum atomic E-state index is 13.7. The quantitative estimate of drug-likeness (QED) is 0.169. The van der Waals surface area contributed by atoms with Crippen LogP contribution in [0.5, 0.6) is 0 Å². The molecule has 2 saturated heterocycles. The molecule has 1 N–H and O–H groups in total. The van der Waals surface area contributed by atoms with Gasteiger partial charge in [-0.1, -0.05) is 47.3 Å². The number of hydrogen-bond acceptors (Lipinski definition) is 17. The Labute approximate surface area is 325 Å². The zero-order chi connectivity index (χ0) is 42.1. The van der Waals surface area contributed by atoms with Gasteiger partial charge in [-0.25, -0.2) is 4.79 Å². The van der Waals surface area contributed by atoms with E-state index in [1.807, 2.05) is 0 Å². The van der Waals surface area contributed by atoms with Crippen LogP contribution < -0.4 is 0 Å². The van der Waals surface area contributed by atoms with Crippen molar-refractivity contribution in [2.45, 2.75) is 129 Å². The third-order valence-corrected chi connectivity index (χ3v) is 10.8. The molecule has 0 amide bonds. The van der Waals surface area contributed by atoms with E-state index in [1.165, 1.54) is 33.1 Å². The third kappa shape index (κ3) is 8.64. The summed E-state index contributed by atoms with van der Waals surface area (Å²) in [5.74, 6) is -9.41. The van der Waals surface area contributed by atoms with Gasteiger partial charge in [-0.15, -0.1) is 0 Å². The summed E-state index contributed by atoms with van der Waals surface area (Å²) in [5, 5.41) is 13.1. The molecule has 1 saturated carbocycles. The molecule has 3 fully saturated rings. The maximum absolute atomic E-state index is 13.7. The van der Waals surface area contributed by atoms with Crippen molar-refractivity contribution in [1.29, 1.82) is 0 Å². The molecule has 0 unspecified atom stereocenters. The summed E-state index contributed by atoms with van der Waals surface area (Å²) in [6.45, 7) is 16.1. The minimum atomic E-state index is -2.50. The van der Waals surface area contributed by atoms with E-state index in [0.717, 1.165) is 20.8 Å². The van der Waals surface area contributed by atoms with Crippen LogP contribution in [-0.4, -0.2) is 121 Å². The van der Waals surface area contributed by atoms with Gasteiger partial charge in [-0.3, -0.25) is 28.8 Å². The highest BCUT2D eigenvalue weighted by Crippen LogP contribution is 2.63. The number of rotatable bonds is 12. The highest BCUT2D eigenvalue weighted by atomic mass is 16.7. The Morgan fingerprint density at radius 3 is 1.93 bits per heavy atom. The Morgan fingerprint density at radius 1 is 0.857 bits per heavy atom. The topological polar surface area (TPSA) is 226 Å². The van der Waals surface area contributed by atoms with Gasteiger partial charge >= 0.3 is 41.8 Å². The van der Waals surface area contributed by atoms with E-state index in [9.17, 15) is 38.7 Å². The number of epoxide rings is 1. The Hall–Kier alpha value is -4.35. The summed E-state index contributed by atoms with van der Waals surface area (Å²) >= 11 is 0. The van der Waals surface area contributed by atoms with Crippen LogP contribution in [0.15, 0.2) is 24.3 Å². The molecule has 12 atom stereocenters. The average molecular weight is 795 g/mol. The van der Waals surface area contributed by atoms with Crippen LogP contribution in [-0.2, 0) is 76.2 Å². The number of fused-ring (bicyclic) bond motifs is 3. The molecule has 17 heteroatoms. The van der Waals surface area contributed by atoms with E-state index >= 15 is 0 Å². The van der Waals surface area contributed by atoms with E-state index in [-0.39, 0.29) is 36.9 Å². The first-order valence-corrected chi connectivity index (χ1v) is 18.6. The molecule has 56 heavy (non-hydrogen) atoms. The van der Waals surface area contributed by atoms with Crippen molar-refractivity contribution in [3.63, 3.8) is 0 Å². The molecule has 2 heterocycles. The largest absolute Gasteiger partial charge is 0.459 e. The van der Waals surface area contributed by atoms with Crippen molar-refractivity contribution in [2.24, 2.45) is 29.1 Å². The molecule has 17 nitrogen and oxygen atoms in total. The molecule has 0 aromatic carbocycles. The van der Waals surface area contributed by atoms with E-state index < -0.39 is 120 Å². The molecule has 0 aromatic heterocycles. The minimum absolute atomic E-state index is 0.00673. The van der Waals surface area contributed by atoms with Gasteiger partial charge in [0.15, 0.2) is 36.6 Å². The van der Waals surface area contributed by atoms with Crippen LogP contribution in [0.1, 0.15) is 75.2 Å². The fraction of sp³-hybridized carbons (Fsp3) is 0.718. The smallest absolute Gasteiger partial charge is 0.344 e. The van der Waals surface area contributed by atoms with Crippen molar-refractivity contribution < 1.29 is 81.3 Å². The first-order valence-electron chi connectivity index (χ1n) is 18.6. The van der Waals surface area contributed by atoms with E-state index in [1.54, 1.807) is 27.7 Å². The minimum Gasteiger partial charge on any atom is -0.459 e. The second-order valence-electron chi connectivity index (χ2n) is 16.0. The first kappa shape index (κ1) is 44.4. The van der Waals surface area contributed by atoms with Gasteiger partial charge in [-0.05, 0) is 30.4 Å². The van der Waals surface area contributed by atoms with Crippen molar-refractivity contribution >= 4 is 41.8 Å². The predicted octanol–water partition coefficient (Wildman–Crippen LogP) is 2.08. The van der Waals surface area contributed by atoms with Crippen molar-refractivity contribution in [2.75, 3.05) is 20.3 Å². The van der Waals surface area contributed by atoms with Crippen LogP contribution in [0.2, 0.25) is 0 Å². The molecule has 0 aromatic rings. The summed E-state index contributed by atoms with van der Waals surface area (Å²) in [6, 6.07) is 0. The number of carbonyl (C=O) groups is 7. The Bertz CT molecular complexity index is 1610. The molecule has 0 bridgehead atoms.